The first-order valence-corrected chi connectivity index (χ1v) is 13.7. The summed E-state index contributed by atoms with van der Waals surface area (Å²) in [6.07, 6.45) is 3.29. The van der Waals surface area contributed by atoms with Gasteiger partial charge in [0.05, 0.1) is 5.69 Å². The third-order valence-corrected chi connectivity index (χ3v) is 10.1. The molecular weight excluding hydrogens is 453 g/mol. The van der Waals surface area contributed by atoms with Gasteiger partial charge in [0.25, 0.3) is 0 Å². The van der Waals surface area contributed by atoms with Crippen molar-refractivity contribution in [1.82, 2.24) is 9.88 Å². The molecule has 2 aliphatic heterocycles. The lowest BCUT2D eigenvalue weighted by atomic mass is 10.00. The molecule has 0 saturated carbocycles. The maximum Gasteiger partial charge on any atom is 0.149 e. The van der Waals surface area contributed by atoms with E-state index in [-0.39, 0.29) is 6.54 Å². The van der Waals surface area contributed by atoms with Crippen LogP contribution in [-0.2, 0) is 11.1 Å². The molecule has 0 aliphatic carbocycles. The van der Waals surface area contributed by atoms with E-state index in [2.05, 4.69) is 27.1 Å². The molecule has 178 valence electrons. The van der Waals surface area contributed by atoms with E-state index in [1.165, 1.54) is 12.1 Å². The van der Waals surface area contributed by atoms with E-state index < -0.39 is 18.8 Å². The number of hydrogen-bond acceptors (Lipinski definition) is 5. The average molecular weight is 483 g/mol. The van der Waals surface area contributed by atoms with Crippen LogP contribution in [0.5, 0.6) is 0 Å². The second-order valence-electron chi connectivity index (χ2n) is 9.26. The monoisotopic (exact) mass is 482 g/mol. The fraction of sp³-hybridized carbons (Fsp3) is 0.346. The molecule has 2 aromatic carbocycles. The maximum absolute atomic E-state index is 14.3. The van der Waals surface area contributed by atoms with Gasteiger partial charge in [-0.25, -0.2) is 13.8 Å². The quantitative estimate of drug-likeness (QED) is 0.547. The van der Waals surface area contributed by atoms with Crippen LogP contribution < -0.4 is 15.5 Å². The molecule has 1 fully saturated rings. The van der Waals surface area contributed by atoms with Gasteiger partial charge in [0.15, 0.2) is 0 Å². The molecule has 1 saturated heterocycles. The topological polar surface area (TPSA) is 48.5 Å². The number of pyridine rings is 1. The molecule has 8 heteroatoms. The fourth-order valence-corrected chi connectivity index (χ4v) is 7.67. The SMILES string of the molecule is Cc1c(-c2ccc(P3(=O)CCN(C)CC3)cc2)cnc2c1N(Cc1cc(F)ccc1F)CCN2. The largest absolute Gasteiger partial charge is 0.367 e. The predicted molar refractivity (Wildman–Crippen MR) is 135 cm³/mol. The maximum atomic E-state index is 14.3. The van der Waals surface area contributed by atoms with Gasteiger partial charge >= 0.3 is 0 Å². The van der Waals surface area contributed by atoms with Crippen LogP contribution in [0.1, 0.15) is 11.1 Å². The molecular formula is C26H29F2N4OP. The smallest absolute Gasteiger partial charge is 0.149 e. The Hall–Kier alpha value is -2.76. The molecule has 3 aromatic rings. The Kier molecular flexibility index (Phi) is 6.17. The van der Waals surface area contributed by atoms with E-state index in [1.807, 2.05) is 37.4 Å². The van der Waals surface area contributed by atoms with Crippen molar-refractivity contribution in [1.29, 1.82) is 0 Å². The number of benzene rings is 2. The summed E-state index contributed by atoms with van der Waals surface area (Å²) in [4.78, 5) is 8.92. The standard InChI is InChI=1S/C26H29F2N4OP/c1-18-23(19-3-6-22(7-4-19)34(33)13-11-31(2)12-14-34)16-30-26-25(18)32(10-9-29-26)17-20-15-21(27)5-8-24(20)28/h3-8,15-16H,9-14,17H2,1-2H3,(H,29,30). The van der Waals surface area contributed by atoms with Crippen LogP contribution in [0.25, 0.3) is 11.1 Å². The Bertz CT molecular complexity index is 1250. The molecule has 5 nitrogen and oxygen atoms in total. The molecule has 0 radical (unpaired) electrons. The van der Waals surface area contributed by atoms with Crippen LogP contribution in [0.15, 0.2) is 48.7 Å². The van der Waals surface area contributed by atoms with Crippen LogP contribution in [0.2, 0.25) is 0 Å². The van der Waals surface area contributed by atoms with Crippen molar-refractivity contribution in [2.24, 2.45) is 0 Å². The van der Waals surface area contributed by atoms with E-state index in [4.69, 9.17) is 0 Å². The minimum Gasteiger partial charge on any atom is -0.367 e. The van der Waals surface area contributed by atoms with Crippen LogP contribution in [-0.4, -0.2) is 55.4 Å². The summed E-state index contributed by atoms with van der Waals surface area (Å²) in [5.41, 5.74) is 4.22. The van der Waals surface area contributed by atoms with Crippen LogP contribution >= 0.6 is 7.14 Å². The Morgan fingerprint density at radius 3 is 2.53 bits per heavy atom. The van der Waals surface area contributed by atoms with E-state index >= 15 is 0 Å². The Labute approximate surface area is 199 Å². The van der Waals surface area contributed by atoms with Crippen molar-refractivity contribution >= 4 is 24.0 Å². The normalized spacial score (nSPS) is 17.8. The van der Waals surface area contributed by atoms with Gasteiger partial charge in [-0.2, -0.15) is 0 Å². The predicted octanol–water partition coefficient (Wildman–Crippen LogP) is 4.70. The third-order valence-electron chi connectivity index (χ3n) is 7.00. The zero-order chi connectivity index (χ0) is 23.9. The van der Waals surface area contributed by atoms with Crippen molar-refractivity contribution < 1.29 is 13.3 Å². The minimum atomic E-state index is -2.34. The molecule has 0 amide bonds. The van der Waals surface area contributed by atoms with E-state index in [1.54, 1.807) is 0 Å². The van der Waals surface area contributed by atoms with E-state index in [9.17, 15) is 13.3 Å². The van der Waals surface area contributed by atoms with Crippen molar-refractivity contribution in [3.8, 4) is 11.1 Å². The van der Waals surface area contributed by atoms with E-state index in [0.717, 1.165) is 65.0 Å². The summed E-state index contributed by atoms with van der Waals surface area (Å²) in [6.45, 7) is 5.36. The summed E-state index contributed by atoms with van der Waals surface area (Å²) in [6, 6.07) is 11.6. The highest BCUT2D eigenvalue weighted by Gasteiger charge is 2.29. The zero-order valence-corrected chi connectivity index (χ0v) is 20.4. The first-order chi connectivity index (χ1) is 16.3. The second-order valence-corrected chi connectivity index (χ2v) is 12.5. The lowest BCUT2D eigenvalue weighted by Crippen LogP contribution is -2.35. The lowest BCUT2D eigenvalue weighted by Gasteiger charge is -2.33. The molecule has 0 unspecified atom stereocenters. The van der Waals surface area contributed by atoms with Gasteiger partial charge in [-0.15, -0.1) is 0 Å². The summed E-state index contributed by atoms with van der Waals surface area (Å²) < 4.78 is 41.5. The Balaban J connectivity index is 1.46. The number of fused-ring (bicyclic) bond motifs is 1. The minimum absolute atomic E-state index is 0.265. The van der Waals surface area contributed by atoms with Crippen LogP contribution in [0.4, 0.5) is 20.3 Å². The molecule has 0 atom stereocenters. The fourth-order valence-electron chi connectivity index (χ4n) is 4.91. The molecule has 5 rings (SSSR count). The highest BCUT2D eigenvalue weighted by Crippen LogP contribution is 2.46. The molecule has 1 N–H and O–H groups in total. The number of aromatic nitrogens is 1. The summed E-state index contributed by atoms with van der Waals surface area (Å²) in [5, 5.41) is 4.27. The summed E-state index contributed by atoms with van der Waals surface area (Å²) in [7, 11) is -0.276. The number of anilines is 2. The van der Waals surface area contributed by atoms with Gasteiger partial charge in [-0.05, 0) is 43.3 Å². The van der Waals surface area contributed by atoms with Crippen molar-refractivity contribution in [2.75, 3.05) is 55.8 Å². The van der Waals surface area contributed by atoms with E-state index in [0.29, 0.717) is 18.7 Å². The summed E-state index contributed by atoms with van der Waals surface area (Å²) in [5.74, 6) is -0.113. The van der Waals surface area contributed by atoms with Gasteiger partial charge < -0.3 is 19.7 Å². The van der Waals surface area contributed by atoms with Crippen molar-refractivity contribution in [3.63, 3.8) is 0 Å². The number of nitrogens with one attached hydrogen (secondary N) is 1. The van der Waals surface area contributed by atoms with Gasteiger partial charge in [-0.3, -0.25) is 0 Å². The van der Waals surface area contributed by atoms with Gasteiger partial charge in [0, 0.05) is 67.7 Å². The zero-order valence-electron chi connectivity index (χ0n) is 19.5. The first-order valence-electron chi connectivity index (χ1n) is 11.6. The molecule has 0 spiro atoms. The average Bonchev–Trinajstić information content (AvgIpc) is 2.84. The number of rotatable bonds is 4. The highest BCUT2D eigenvalue weighted by atomic mass is 31.2. The highest BCUT2D eigenvalue weighted by molar-refractivity contribution is 7.71. The summed E-state index contributed by atoms with van der Waals surface area (Å²) >= 11 is 0. The van der Waals surface area contributed by atoms with Gasteiger partial charge in [-0.1, -0.05) is 24.3 Å². The molecule has 1 aromatic heterocycles. The van der Waals surface area contributed by atoms with Crippen molar-refractivity contribution in [2.45, 2.75) is 13.5 Å². The number of nitrogens with zero attached hydrogens (tertiary/aromatic N) is 3. The van der Waals surface area contributed by atoms with Gasteiger partial charge in [0.1, 0.15) is 24.6 Å². The molecule has 0 bridgehead atoms. The molecule has 34 heavy (non-hydrogen) atoms. The number of hydrogen-bond donors (Lipinski definition) is 1. The lowest BCUT2D eigenvalue weighted by molar-refractivity contribution is 0.361. The second kappa shape index (κ2) is 9.12. The molecule has 2 aliphatic rings. The first kappa shape index (κ1) is 23.0. The molecule has 3 heterocycles. The van der Waals surface area contributed by atoms with Crippen molar-refractivity contribution in [3.05, 3.63) is 71.4 Å². The Morgan fingerprint density at radius 2 is 1.79 bits per heavy atom. The van der Waals surface area contributed by atoms with Crippen LogP contribution in [0.3, 0.4) is 0 Å². The third kappa shape index (κ3) is 4.35. The Morgan fingerprint density at radius 1 is 1.06 bits per heavy atom. The van der Waals surface area contributed by atoms with Crippen LogP contribution in [0, 0.1) is 18.6 Å². The van der Waals surface area contributed by atoms with Gasteiger partial charge in [0.2, 0.25) is 0 Å². The number of halogens is 2.